The van der Waals surface area contributed by atoms with Crippen LogP contribution in [0.15, 0.2) is 42.7 Å². The second-order valence-electron chi connectivity index (χ2n) is 4.97. The Hall–Kier alpha value is -1.72. The Morgan fingerprint density at radius 3 is 2.85 bits per heavy atom. The third kappa shape index (κ3) is 2.73. The largest absolute Gasteiger partial charge is 0.306 e. The highest BCUT2D eigenvalue weighted by molar-refractivity contribution is 7.18. The number of rotatable bonds is 5. The monoisotopic (exact) mass is 286 g/mol. The standard InChI is InChI=1S/C15H18N4S/c1-11(12(2)19-9-5-8-17-19)16-10-15-18-13-6-3-4-7-14(13)20-15/h3-9,11-12,16H,10H2,1-2H3. The average Bonchev–Trinajstić information content (AvgIpc) is 3.12. The average molecular weight is 286 g/mol. The van der Waals surface area contributed by atoms with Gasteiger partial charge in [0.2, 0.25) is 0 Å². The van der Waals surface area contributed by atoms with Crippen molar-refractivity contribution in [3.05, 3.63) is 47.7 Å². The van der Waals surface area contributed by atoms with Crippen molar-refractivity contribution < 1.29 is 0 Å². The summed E-state index contributed by atoms with van der Waals surface area (Å²) in [5.74, 6) is 0. The summed E-state index contributed by atoms with van der Waals surface area (Å²) in [4.78, 5) is 4.64. The van der Waals surface area contributed by atoms with Crippen molar-refractivity contribution in [1.82, 2.24) is 20.1 Å². The third-order valence-electron chi connectivity index (χ3n) is 3.58. The number of fused-ring (bicyclic) bond motifs is 1. The number of hydrogen-bond donors (Lipinski definition) is 1. The second-order valence-corrected chi connectivity index (χ2v) is 6.09. The molecule has 2 atom stereocenters. The van der Waals surface area contributed by atoms with Crippen molar-refractivity contribution in [2.24, 2.45) is 0 Å². The molecular weight excluding hydrogens is 268 g/mol. The molecule has 0 aliphatic rings. The minimum atomic E-state index is 0.319. The van der Waals surface area contributed by atoms with E-state index in [0.29, 0.717) is 12.1 Å². The smallest absolute Gasteiger partial charge is 0.108 e. The van der Waals surface area contributed by atoms with Gasteiger partial charge in [-0.3, -0.25) is 4.68 Å². The van der Waals surface area contributed by atoms with E-state index < -0.39 is 0 Å². The van der Waals surface area contributed by atoms with Gasteiger partial charge in [-0.2, -0.15) is 5.10 Å². The number of hydrogen-bond acceptors (Lipinski definition) is 4. The summed E-state index contributed by atoms with van der Waals surface area (Å²) in [6.45, 7) is 5.15. The molecule has 20 heavy (non-hydrogen) atoms. The van der Waals surface area contributed by atoms with Gasteiger partial charge >= 0.3 is 0 Å². The van der Waals surface area contributed by atoms with Gasteiger partial charge in [0, 0.05) is 25.0 Å². The van der Waals surface area contributed by atoms with Crippen molar-refractivity contribution in [2.75, 3.05) is 0 Å². The summed E-state index contributed by atoms with van der Waals surface area (Å²) >= 11 is 1.75. The van der Waals surface area contributed by atoms with E-state index in [1.807, 2.05) is 29.2 Å². The summed E-state index contributed by atoms with van der Waals surface area (Å²) in [6.07, 6.45) is 3.82. The molecule has 1 N–H and O–H groups in total. The summed E-state index contributed by atoms with van der Waals surface area (Å²) in [7, 11) is 0. The lowest BCUT2D eigenvalue weighted by Gasteiger charge is -2.21. The molecule has 0 aliphatic heterocycles. The first-order valence-electron chi connectivity index (χ1n) is 6.81. The number of nitrogens with one attached hydrogen (secondary N) is 1. The zero-order valence-electron chi connectivity index (χ0n) is 11.7. The zero-order chi connectivity index (χ0) is 13.9. The van der Waals surface area contributed by atoms with Crippen LogP contribution in [0, 0.1) is 0 Å². The maximum absolute atomic E-state index is 4.64. The second kappa shape index (κ2) is 5.73. The van der Waals surface area contributed by atoms with E-state index in [9.17, 15) is 0 Å². The quantitative estimate of drug-likeness (QED) is 0.783. The topological polar surface area (TPSA) is 42.7 Å². The molecule has 2 unspecified atom stereocenters. The predicted octanol–water partition coefficient (Wildman–Crippen LogP) is 3.23. The van der Waals surface area contributed by atoms with E-state index in [0.717, 1.165) is 17.1 Å². The molecule has 0 saturated carbocycles. The summed E-state index contributed by atoms with van der Waals surface area (Å²) in [6, 6.07) is 10.9. The molecular formula is C15H18N4S. The maximum Gasteiger partial charge on any atom is 0.108 e. The molecule has 3 rings (SSSR count). The van der Waals surface area contributed by atoms with Crippen LogP contribution in [-0.4, -0.2) is 20.8 Å². The first kappa shape index (κ1) is 13.3. The molecule has 0 radical (unpaired) electrons. The molecule has 2 aromatic heterocycles. The zero-order valence-corrected chi connectivity index (χ0v) is 12.5. The molecule has 0 saturated heterocycles. The number of para-hydroxylation sites is 1. The minimum Gasteiger partial charge on any atom is -0.306 e. The lowest BCUT2D eigenvalue weighted by Crippen LogP contribution is -2.33. The van der Waals surface area contributed by atoms with Crippen LogP contribution >= 0.6 is 11.3 Å². The van der Waals surface area contributed by atoms with E-state index in [2.05, 4.69) is 47.4 Å². The molecule has 1 aromatic carbocycles. The predicted molar refractivity (Wildman–Crippen MR) is 82.9 cm³/mol. The van der Waals surface area contributed by atoms with E-state index in [1.54, 1.807) is 11.3 Å². The van der Waals surface area contributed by atoms with Gasteiger partial charge in [0.1, 0.15) is 5.01 Å². The van der Waals surface area contributed by atoms with Crippen molar-refractivity contribution in [3.63, 3.8) is 0 Å². The Morgan fingerprint density at radius 1 is 1.25 bits per heavy atom. The summed E-state index contributed by atoms with van der Waals surface area (Å²) in [5.41, 5.74) is 1.09. The van der Waals surface area contributed by atoms with E-state index in [4.69, 9.17) is 0 Å². The normalized spacial score (nSPS) is 14.5. The molecule has 0 fully saturated rings. The Bertz CT molecular complexity index is 641. The van der Waals surface area contributed by atoms with Gasteiger partial charge in [-0.1, -0.05) is 12.1 Å². The van der Waals surface area contributed by atoms with Crippen molar-refractivity contribution in [3.8, 4) is 0 Å². The van der Waals surface area contributed by atoms with Gasteiger partial charge in [0.25, 0.3) is 0 Å². The minimum absolute atomic E-state index is 0.319. The van der Waals surface area contributed by atoms with Gasteiger partial charge in [0.05, 0.1) is 16.3 Å². The fourth-order valence-electron chi connectivity index (χ4n) is 2.17. The van der Waals surface area contributed by atoms with Gasteiger partial charge in [-0.05, 0) is 32.0 Å². The number of benzene rings is 1. The van der Waals surface area contributed by atoms with E-state index in [-0.39, 0.29) is 0 Å². The third-order valence-corrected chi connectivity index (χ3v) is 4.62. The SMILES string of the molecule is CC(NCc1nc2ccccc2s1)C(C)n1cccn1. The number of thiazole rings is 1. The van der Waals surface area contributed by atoms with Crippen LogP contribution in [0.2, 0.25) is 0 Å². The lowest BCUT2D eigenvalue weighted by atomic mass is 10.2. The highest BCUT2D eigenvalue weighted by Gasteiger charge is 2.14. The molecule has 0 aliphatic carbocycles. The Morgan fingerprint density at radius 2 is 2.10 bits per heavy atom. The molecule has 5 heteroatoms. The molecule has 0 spiro atoms. The molecule has 0 bridgehead atoms. The Labute approximate surface area is 122 Å². The lowest BCUT2D eigenvalue weighted by molar-refractivity contribution is 0.365. The molecule has 0 amide bonds. The molecule has 104 valence electrons. The summed E-state index contributed by atoms with van der Waals surface area (Å²) < 4.78 is 3.23. The van der Waals surface area contributed by atoms with Crippen LogP contribution in [0.25, 0.3) is 10.2 Å². The van der Waals surface area contributed by atoms with Crippen LogP contribution in [0.3, 0.4) is 0 Å². The molecule has 2 heterocycles. The Kier molecular flexibility index (Phi) is 3.80. The van der Waals surface area contributed by atoms with Crippen LogP contribution in [0.1, 0.15) is 24.9 Å². The van der Waals surface area contributed by atoms with Gasteiger partial charge < -0.3 is 5.32 Å². The molecule has 4 nitrogen and oxygen atoms in total. The van der Waals surface area contributed by atoms with Gasteiger partial charge in [0.15, 0.2) is 0 Å². The number of aromatic nitrogens is 3. The van der Waals surface area contributed by atoms with Crippen LogP contribution in [0.5, 0.6) is 0 Å². The van der Waals surface area contributed by atoms with Crippen LogP contribution < -0.4 is 5.32 Å². The first-order chi connectivity index (χ1) is 9.74. The van der Waals surface area contributed by atoms with Crippen LogP contribution in [-0.2, 0) is 6.54 Å². The maximum atomic E-state index is 4.64. The fourth-order valence-corrected chi connectivity index (χ4v) is 3.08. The first-order valence-corrected chi connectivity index (χ1v) is 7.62. The van der Waals surface area contributed by atoms with E-state index in [1.165, 1.54) is 4.70 Å². The van der Waals surface area contributed by atoms with E-state index >= 15 is 0 Å². The van der Waals surface area contributed by atoms with Gasteiger partial charge in [-0.15, -0.1) is 11.3 Å². The highest BCUT2D eigenvalue weighted by atomic mass is 32.1. The fraction of sp³-hybridized carbons (Fsp3) is 0.333. The highest BCUT2D eigenvalue weighted by Crippen LogP contribution is 2.21. The Balaban J connectivity index is 1.64. The van der Waals surface area contributed by atoms with Gasteiger partial charge in [-0.25, -0.2) is 4.98 Å². The summed E-state index contributed by atoms with van der Waals surface area (Å²) in [5, 5.41) is 8.96. The molecule has 3 aromatic rings. The number of nitrogens with zero attached hydrogens (tertiary/aromatic N) is 3. The van der Waals surface area contributed by atoms with Crippen molar-refractivity contribution in [2.45, 2.75) is 32.5 Å². The van der Waals surface area contributed by atoms with Crippen molar-refractivity contribution >= 4 is 21.6 Å². The van der Waals surface area contributed by atoms with Crippen molar-refractivity contribution in [1.29, 1.82) is 0 Å². The van der Waals surface area contributed by atoms with Crippen LogP contribution in [0.4, 0.5) is 0 Å².